The van der Waals surface area contributed by atoms with Crippen molar-refractivity contribution in [1.29, 1.82) is 0 Å². The highest BCUT2D eigenvalue weighted by atomic mass is 35.5. The van der Waals surface area contributed by atoms with E-state index in [0.29, 0.717) is 5.75 Å². The molecule has 0 unspecified atom stereocenters. The van der Waals surface area contributed by atoms with Crippen LogP contribution in [0.15, 0.2) is 18.2 Å². The molecule has 0 bridgehead atoms. The fourth-order valence-corrected chi connectivity index (χ4v) is 1.15. The van der Waals surface area contributed by atoms with Gasteiger partial charge in [-0.2, -0.15) is 0 Å². The first-order valence-corrected chi connectivity index (χ1v) is 4.58. The number of hydrogen-bond donors (Lipinski definition) is 2. The number of amides is 2. The van der Waals surface area contributed by atoms with Crippen molar-refractivity contribution in [2.24, 2.45) is 5.73 Å². The van der Waals surface area contributed by atoms with Gasteiger partial charge in [0.1, 0.15) is 18.2 Å². The van der Waals surface area contributed by atoms with Crippen molar-refractivity contribution in [2.75, 3.05) is 13.2 Å². The van der Waals surface area contributed by atoms with E-state index in [2.05, 4.69) is 5.32 Å². The summed E-state index contributed by atoms with van der Waals surface area (Å²) in [5.41, 5.74) is 4.84. The average molecular weight is 233 g/mol. The number of ether oxygens (including phenoxy) is 1. The number of nitrogens with one attached hydrogen (secondary N) is 1. The van der Waals surface area contributed by atoms with Crippen LogP contribution in [0.3, 0.4) is 0 Å². The highest BCUT2D eigenvalue weighted by molar-refractivity contribution is 6.32. The van der Waals surface area contributed by atoms with Crippen LogP contribution in [-0.4, -0.2) is 19.2 Å². The summed E-state index contributed by atoms with van der Waals surface area (Å²) >= 11 is 5.69. The van der Waals surface area contributed by atoms with Crippen LogP contribution in [0.1, 0.15) is 0 Å². The summed E-state index contributed by atoms with van der Waals surface area (Å²) in [6, 6.07) is 3.19. The average Bonchev–Trinajstić information content (AvgIpc) is 2.14. The van der Waals surface area contributed by atoms with E-state index in [0.717, 1.165) is 6.07 Å². The van der Waals surface area contributed by atoms with E-state index in [-0.39, 0.29) is 18.2 Å². The van der Waals surface area contributed by atoms with Crippen LogP contribution in [0.25, 0.3) is 0 Å². The Balaban J connectivity index is 2.40. The van der Waals surface area contributed by atoms with Crippen LogP contribution < -0.4 is 15.8 Å². The fraction of sp³-hybridized carbons (Fsp3) is 0.222. The van der Waals surface area contributed by atoms with Gasteiger partial charge in [-0.3, -0.25) is 0 Å². The number of rotatable bonds is 4. The Morgan fingerprint density at radius 3 is 2.93 bits per heavy atom. The molecule has 0 spiro atoms. The number of halogens is 2. The van der Waals surface area contributed by atoms with Gasteiger partial charge in [0.05, 0.1) is 11.6 Å². The number of hydrogen-bond acceptors (Lipinski definition) is 2. The third kappa shape index (κ3) is 4.03. The van der Waals surface area contributed by atoms with Crippen molar-refractivity contribution in [1.82, 2.24) is 5.32 Å². The van der Waals surface area contributed by atoms with E-state index in [4.69, 9.17) is 22.1 Å². The van der Waals surface area contributed by atoms with Gasteiger partial charge in [0.25, 0.3) is 0 Å². The first kappa shape index (κ1) is 11.6. The van der Waals surface area contributed by atoms with Crippen molar-refractivity contribution in [2.45, 2.75) is 0 Å². The van der Waals surface area contributed by atoms with Gasteiger partial charge in [-0.1, -0.05) is 11.6 Å². The van der Waals surface area contributed by atoms with Crippen LogP contribution in [0.2, 0.25) is 5.02 Å². The Hall–Kier alpha value is -1.49. The maximum absolute atomic E-state index is 12.6. The summed E-state index contributed by atoms with van der Waals surface area (Å²) in [5.74, 6) is -0.0630. The van der Waals surface area contributed by atoms with Crippen LogP contribution in [0.4, 0.5) is 9.18 Å². The molecule has 0 aliphatic carbocycles. The number of carbonyl (C=O) groups is 1. The van der Waals surface area contributed by atoms with Crippen molar-refractivity contribution in [3.63, 3.8) is 0 Å². The molecule has 0 aromatic heterocycles. The second-order valence-electron chi connectivity index (χ2n) is 2.71. The zero-order valence-electron chi connectivity index (χ0n) is 7.80. The molecule has 1 rings (SSSR count). The lowest BCUT2D eigenvalue weighted by Crippen LogP contribution is -2.32. The van der Waals surface area contributed by atoms with Crippen molar-refractivity contribution in [3.8, 4) is 5.75 Å². The van der Waals surface area contributed by atoms with Gasteiger partial charge in [-0.15, -0.1) is 0 Å². The van der Waals surface area contributed by atoms with E-state index >= 15 is 0 Å². The molecule has 2 amide bonds. The van der Waals surface area contributed by atoms with Gasteiger partial charge in [-0.25, -0.2) is 9.18 Å². The second-order valence-corrected chi connectivity index (χ2v) is 3.12. The van der Waals surface area contributed by atoms with Gasteiger partial charge in [0, 0.05) is 0 Å². The summed E-state index contributed by atoms with van der Waals surface area (Å²) < 4.78 is 17.8. The summed E-state index contributed by atoms with van der Waals surface area (Å²) in [6.45, 7) is 0.483. The Labute approximate surface area is 91.2 Å². The molecule has 1 aromatic rings. The third-order valence-corrected chi connectivity index (χ3v) is 1.85. The largest absolute Gasteiger partial charge is 0.490 e. The highest BCUT2D eigenvalue weighted by Gasteiger charge is 2.02. The molecule has 4 nitrogen and oxygen atoms in total. The molecule has 0 heterocycles. The molecule has 15 heavy (non-hydrogen) atoms. The Morgan fingerprint density at radius 2 is 2.33 bits per heavy atom. The van der Waals surface area contributed by atoms with Gasteiger partial charge in [-0.05, 0) is 18.2 Å². The van der Waals surface area contributed by atoms with E-state index in [9.17, 15) is 9.18 Å². The molecule has 0 radical (unpaired) electrons. The molecule has 6 heteroatoms. The van der Waals surface area contributed by atoms with Crippen LogP contribution >= 0.6 is 11.6 Å². The molecule has 3 N–H and O–H groups in total. The second kappa shape index (κ2) is 5.41. The summed E-state index contributed by atoms with van der Waals surface area (Å²) in [6.07, 6.45) is 0. The SMILES string of the molecule is NC(=O)NCCOc1ccc(F)cc1Cl. The van der Waals surface area contributed by atoms with Crippen LogP contribution in [0.5, 0.6) is 5.75 Å². The van der Waals surface area contributed by atoms with E-state index in [1.54, 1.807) is 0 Å². The molecule has 1 aromatic carbocycles. The van der Waals surface area contributed by atoms with Gasteiger partial charge in [0.2, 0.25) is 0 Å². The highest BCUT2D eigenvalue weighted by Crippen LogP contribution is 2.24. The number of primary amides is 1. The minimum atomic E-state index is -0.621. The summed E-state index contributed by atoms with van der Waals surface area (Å²) in [5, 5.41) is 2.53. The van der Waals surface area contributed by atoms with E-state index < -0.39 is 11.8 Å². The van der Waals surface area contributed by atoms with Crippen LogP contribution in [0, 0.1) is 5.82 Å². The third-order valence-electron chi connectivity index (χ3n) is 1.55. The molecule has 82 valence electrons. The lowest BCUT2D eigenvalue weighted by atomic mass is 10.3. The van der Waals surface area contributed by atoms with Gasteiger partial charge >= 0.3 is 6.03 Å². The Bertz CT molecular complexity index is 360. The predicted molar refractivity (Wildman–Crippen MR) is 54.5 cm³/mol. The smallest absolute Gasteiger partial charge is 0.312 e. The quantitative estimate of drug-likeness (QED) is 0.774. The lowest BCUT2D eigenvalue weighted by Gasteiger charge is -2.07. The zero-order valence-corrected chi connectivity index (χ0v) is 8.55. The first-order valence-electron chi connectivity index (χ1n) is 4.21. The normalized spacial score (nSPS) is 9.73. The molecular formula is C9H10ClFN2O2. The molecule has 0 fully saturated rings. The van der Waals surface area contributed by atoms with Crippen molar-refractivity contribution < 1.29 is 13.9 Å². The minimum absolute atomic E-state index is 0.189. The Kier molecular flexibility index (Phi) is 4.17. The first-order chi connectivity index (χ1) is 7.09. The molecule has 0 aliphatic heterocycles. The van der Waals surface area contributed by atoms with Gasteiger partial charge in [0.15, 0.2) is 0 Å². The number of nitrogens with two attached hydrogens (primary N) is 1. The predicted octanol–water partition coefficient (Wildman–Crippen LogP) is 1.53. The number of benzene rings is 1. The maximum Gasteiger partial charge on any atom is 0.312 e. The van der Waals surface area contributed by atoms with Crippen molar-refractivity contribution in [3.05, 3.63) is 29.0 Å². The zero-order chi connectivity index (χ0) is 11.3. The lowest BCUT2D eigenvalue weighted by molar-refractivity contribution is 0.244. The number of carbonyl (C=O) groups excluding carboxylic acids is 1. The topological polar surface area (TPSA) is 64.4 Å². The van der Waals surface area contributed by atoms with Gasteiger partial charge < -0.3 is 15.8 Å². The standard InChI is InChI=1S/C9H10ClFN2O2/c10-7-5-6(11)1-2-8(7)15-4-3-13-9(12)14/h1-2,5H,3-4H2,(H3,12,13,14). The monoisotopic (exact) mass is 232 g/mol. The molecular weight excluding hydrogens is 223 g/mol. The van der Waals surface area contributed by atoms with E-state index in [1.807, 2.05) is 0 Å². The van der Waals surface area contributed by atoms with Crippen LogP contribution in [-0.2, 0) is 0 Å². The summed E-state index contributed by atoms with van der Waals surface area (Å²) in [4.78, 5) is 10.3. The van der Waals surface area contributed by atoms with Crippen molar-refractivity contribution >= 4 is 17.6 Å². The fourth-order valence-electron chi connectivity index (χ4n) is 0.927. The molecule has 0 atom stereocenters. The number of urea groups is 1. The molecule has 0 saturated heterocycles. The minimum Gasteiger partial charge on any atom is -0.490 e. The van der Waals surface area contributed by atoms with E-state index in [1.165, 1.54) is 12.1 Å². The molecule has 0 saturated carbocycles. The summed E-state index contributed by atoms with van der Waals surface area (Å²) in [7, 11) is 0. The maximum atomic E-state index is 12.6. The molecule has 0 aliphatic rings. The Morgan fingerprint density at radius 1 is 1.60 bits per heavy atom.